The smallest absolute Gasteiger partial charge is 0.159 e. The van der Waals surface area contributed by atoms with Gasteiger partial charge in [-0.1, -0.05) is 0 Å². The number of ketones is 1. The van der Waals surface area contributed by atoms with Crippen molar-refractivity contribution < 1.29 is 13.9 Å². The molecule has 126 valence electrons. The van der Waals surface area contributed by atoms with Gasteiger partial charge in [0.05, 0.1) is 5.69 Å². The van der Waals surface area contributed by atoms with Crippen LogP contribution in [0, 0.1) is 11.7 Å². The molecule has 2 aliphatic heterocycles. The van der Waals surface area contributed by atoms with Crippen LogP contribution >= 0.6 is 0 Å². The van der Waals surface area contributed by atoms with Crippen LogP contribution in [-0.4, -0.2) is 56.6 Å². The van der Waals surface area contributed by atoms with E-state index in [1.807, 2.05) is 0 Å². The third kappa shape index (κ3) is 4.09. The van der Waals surface area contributed by atoms with Crippen molar-refractivity contribution in [1.82, 2.24) is 4.90 Å². The predicted molar refractivity (Wildman–Crippen MR) is 88.6 cm³/mol. The number of carbonyl (C=O) groups is 1. The summed E-state index contributed by atoms with van der Waals surface area (Å²) < 4.78 is 19.7. The molecule has 4 nitrogen and oxygen atoms in total. The summed E-state index contributed by atoms with van der Waals surface area (Å²) in [6.45, 7) is 7.96. The first kappa shape index (κ1) is 16.4. The van der Waals surface area contributed by atoms with E-state index in [1.165, 1.54) is 13.0 Å². The maximum Gasteiger partial charge on any atom is 0.159 e. The molecule has 0 radical (unpaired) electrons. The summed E-state index contributed by atoms with van der Waals surface area (Å²) in [4.78, 5) is 15.9. The number of ether oxygens (including phenoxy) is 1. The number of carbonyl (C=O) groups excluding carboxylic acids is 1. The minimum Gasteiger partial charge on any atom is -0.381 e. The highest BCUT2D eigenvalue weighted by Gasteiger charge is 2.23. The van der Waals surface area contributed by atoms with Gasteiger partial charge >= 0.3 is 0 Å². The average molecular weight is 320 g/mol. The Kier molecular flexibility index (Phi) is 5.28. The van der Waals surface area contributed by atoms with E-state index in [0.717, 1.165) is 64.7 Å². The lowest BCUT2D eigenvalue weighted by molar-refractivity contribution is 0.0517. The molecule has 0 unspecified atom stereocenters. The molecule has 0 saturated carbocycles. The molecule has 0 aliphatic carbocycles. The van der Waals surface area contributed by atoms with Crippen molar-refractivity contribution in [3.8, 4) is 0 Å². The molecule has 1 aromatic carbocycles. The predicted octanol–water partition coefficient (Wildman–Crippen LogP) is 2.58. The molecule has 5 heteroatoms. The highest BCUT2D eigenvalue weighted by Crippen LogP contribution is 2.23. The molecule has 0 bridgehead atoms. The quantitative estimate of drug-likeness (QED) is 0.798. The van der Waals surface area contributed by atoms with Gasteiger partial charge in [-0.25, -0.2) is 4.39 Å². The second-order valence-electron chi connectivity index (χ2n) is 6.57. The number of hydrogen-bond acceptors (Lipinski definition) is 4. The molecule has 0 N–H and O–H groups in total. The van der Waals surface area contributed by atoms with E-state index in [4.69, 9.17) is 4.74 Å². The van der Waals surface area contributed by atoms with Crippen LogP contribution in [0.4, 0.5) is 10.1 Å². The van der Waals surface area contributed by atoms with Crippen LogP contribution in [0.5, 0.6) is 0 Å². The van der Waals surface area contributed by atoms with Crippen LogP contribution in [0.25, 0.3) is 0 Å². The molecule has 3 rings (SSSR count). The highest BCUT2D eigenvalue weighted by molar-refractivity contribution is 5.94. The number of nitrogens with zero attached hydrogens (tertiary/aromatic N) is 2. The number of piperazine rings is 1. The normalized spacial score (nSPS) is 20.7. The minimum absolute atomic E-state index is 0.100. The molecular formula is C18H25FN2O2. The van der Waals surface area contributed by atoms with Crippen LogP contribution in [0.15, 0.2) is 18.2 Å². The summed E-state index contributed by atoms with van der Waals surface area (Å²) in [7, 11) is 0. The number of Topliss-reactive ketones (excluding diaryl/α,β-unsaturated/α-hetero) is 1. The molecule has 0 spiro atoms. The maximum absolute atomic E-state index is 14.2. The summed E-state index contributed by atoms with van der Waals surface area (Å²) in [5.41, 5.74) is 1.05. The zero-order valence-electron chi connectivity index (χ0n) is 13.8. The Balaban J connectivity index is 1.55. The molecule has 23 heavy (non-hydrogen) atoms. The van der Waals surface area contributed by atoms with E-state index in [-0.39, 0.29) is 11.6 Å². The first-order valence-electron chi connectivity index (χ1n) is 8.49. The molecule has 2 aliphatic rings. The lowest BCUT2D eigenvalue weighted by atomic mass is 9.99. The second-order valence-corrected chi connectivity index (χ2v) is 6.57. The number of halogens is 1. The molecule has 2 heterocycles. The Morgan fingerprint density at radius 1 is 1.22 bits per heavy atom. The van der Waals surface area contributed by atoms with E-state index in [9.17, 15) is 9.18 Å². The monoisotopic (exact) mass is 320 g/mol. The standard InChI is InChI=1S/C18H25FN2O2/c1-14(22)16-2-3-18(17(19)12-16)21-8-6-20(7-9-21)13-15-4-10-23-11-5-15/h2-3,12,15H,4-11,13H2,1H3. The van der Waals surface area contributed by atoms with Gasteiger partial charge in [0, 0.05) is 51.5 Å². The molecule has 1 aromatic rings. The Hall–Kier alpha value is -1.46. The summed E-state index contributed by atoms with van der Waals surface area (Å²) >= 11 is 0. The van der Waals surface area contributed by atoms with Crippen LogP contribution in [0.3, 0.4) is 0 Å². The van der Waals surface area contributed by atoms with Gasteiger partial charge < -0.3 is 9.64 Å². The second kappa shape index (κ2) is 7.41. The summed E-state index contributed by atoms with van der Waals surface area (Å²) in [5.74, 6) is 0.342. The number of rotatable bonds is 4. The molecular weight excluding hydrogens is 295 g/mol. The van der Waals surface area contributed by atoms with E-state index >= 15 is 0 Å². The fourth-order valence-electron chi connectivity index (χ4n) is 3.45. The first-order valence-corrected chi connectivity index (χ1v) is 8.49. The van der Waals surface area contributed by atoms with Crippen molar-refractivity contribution >= 4 is 11.5 Å². The first-order chi connectivity index (χ1) is 11.1. The van der Waals surface area contributed by atoms with Crippen LogP contribution in [-0.2, 0) is 4.74 Å². The van der Waals surface area contributed by atoms with E-state index in [1.54, 1.807) is 12.1 Å². The third-order valence-electron chi connectivity index (χ3n) is 4.92. The van der Waals surface area contributed by atoms with Crippen molar-refractivity contribution in [3.63, 3.8) is 0 Å². The van der Waals surface area contributed by atoms with E-state index in [2.05, 4.69) is 9.80 Å². The number of benzene rings is 1. The Morgan fingerprint density at radius 2 is 1.91 bits per heavy atom. The van der Waals surface area contributed by atoms with E-state index in [0.29, 0.717) is 11.3 Å². The van der Waals surface area contributed by atoms with Gasteiger partial charge in [-0.05, 0) is 43.9 Å². The fourth-order valence-corrected chi connectivity index (χ4v) is 3.45. The highest BCUT2D eigenvalue weighted by atomic mass is 19.1. The largest absolute Gasteiger partial charge is 0.381 e. The number of anilines is 1. The maximum atomic E-state index is 14.2. The van der Waals surface area contributed by atoms with Crippen LogP contribution in [0.2, 0.25) is 0 Å². The van der Waals surface area contributed by atoms with Crippen LogP contribution < -0.4 is 4.90 Å². The van der Waals surface area contributed by atoms with Crippen molar-refractivity contribution in [2.45, 2.75) is 19.8 Å². The lowest BCUT2D eigenvalue weighted by Crippen LogP contribution is -2.48. The van der Waals surface area contributed by atoms with Gasteiger partial charge in [-0.15, -0.1) is 0 Å². The van der Waals surface area contributed by atoms with E-state index < -0.39 is 0 Å². The summed E-state index contributed by atoms with van der Waals surface area (Å²) in [5, 5.41) is 0. The average Bonchev–Trinajstić information content (AvgIpc) is 2.56. The van der Waals surface area contributed by atoms with Crippen molar-refractivity contribution in [1.29, 1.82) is 0 Å². The molecule has 0 amide bonds. The van der Waals surface area contributed by atoms with Crippen molar-refractivity contribution in [2.24, 2.45) is 5.92 Å². The van der Waals surface area contributed by atoms with Gasteiger partial charge in [0.1, 0.15) is 5.82 Å². The lowest BCUT2D eigenvalue weighted by Gasteiger charge is -2.38. The molecule has 2 fully saturated rings. The van der Waals surface area contributed by atoms with Gasteiger partial charge in [-0.3, -0.25) is 9.69 Å². The molecule has 0 atom stereocenters. The topological polar surface area (TPSA) is 32.8 Å². The third-order valence-corrected chi connectivity index (χ3v) is 4.92. The summed E-state index contributed by atoms with van der Waals surface area (Å²) in [6, 6.07) is 4.81. The van der Waals surface area contributed by atoms with Gasteiger partial charge in [-0.2, -0.15) is 0 Å². The van der Waals surface area contributed by atoms with Crippen molar-refractivity contribution in [3.05, 3.63) is 29.6 Å². The van der Waals surface area contributed by atoms with Gasteiger partial charge in [0.25, 0.3) is 0 Å². The minimum atomic E-state index is -0.296. The number of hydrogen-bond donors (Lipinski definition) is 0. The van der Waals surface area contributed by atoms with Gasteiger partial charge in [0.2, 0.25) is 0 Å². The SMILES string of the molecule is CC(=O)c1ccc(N2CCN(CC3CCOCC3)CC2)c(F)c1. The zero-order chi connectivity index (χ0) is 16.2. The zero-order valence-corrected chi connectivity index (χ0v) is 13.8. The Bertz CT molecular complexity index is 550. The van der Waals surface area contributed by atoms with Crippen LogP contribution in [0.1, 0.15) is 30.1 Å². The Labute approximate surface area is 137 Å². The molecule has 0 aromatic heterocycles. The van der Waals surface area contributed by atoms with Crippen molar-refractivity contribution in [2.75, 3.05) is 50.8 Å². The summed E-state index contributed by atoms with van der Waals surface area (Å²) in [6.07, 6.45) is 2.31. The van der Waals surface area contributed by atoms with Gasteiger partial charge in [0.15, 0.2) is 5.78 Å². The fraction of sp³-hybridized carbons (Fsp3) is 0.611. The molecule has 2 saturated heterocycles. The Morgan fingerprint density at radius 3 is 2.52 bits per heavy atom.